The largest absolute Gasteiger partial charge is 0.342 e. The fraction of sp³-hybridized carbons (Fsp3) is 0.846. The molecule has 0 saturated carbocycles. The molecule has 94 valence electrons. The summed E-state index contributed by atoms with van der Waals surface area (Å²) in [6.45, 7) is 8.03. The van der Waals surface area contributed by atoms with Crippen molar-refractivity contribution in [3.05, 3.63) is 0 Å². The first kappa shape index (κ1) is 15.1. The maximum absolute atomic E-state index is 11.6. The molecule has 0 unspecified atom stereocenters. The fourth-order valence-corrected chi connectivity index (χ4v) is 1.82. The standard InChI is InChI=1S/C11H19NO2.C2H6/c1-10-6-7-12(9-10)11(14)5-3-2-4-8-13;1-2/h8,10H,2-7,9H2,1H3;1-2H3/t10-;/m0./s1. The number of hydrogen-bond acceptors (Lipinski definition) is 2. The molecule has 1 fully saturated rings. The number of carbonyl (C=O) groups excluding carboxylic acids is 2. The van der Waals surface area contributed by atoms with Crippen molar-refractivity contribution < 1.29 is 9.59 Å². The monoisotopic (exact) mass is 227 g/mol. The highest BCUT2D eigenvalue weighted by Crippen LogP contribution is 2.16. The molecule has 0 aromatic carbocycles. The van der Waals surface area contributed by atoms with E-state index in [1.54, 1.807) is 0 Å². The van der Waals surface area contributed by atoms with Crippen LogP contribution in [0.5, 0.6) is 0 Å². The minimum absolute atomic E-state index is 0.264. The lowest BCUT2D eigenvalue weighted by Crippen LogP contribution is -2.28. The van der Waals surface area contributed by atoms with Crippen molar-refractivity contribution in [2.45, 2.75) is 52.9 Å². The van der Waals surface area contributed by atoms with Gasteiger partial charge in [0.05, 0.1) is 0 Å². The van der Waals surface area contributed by atoms with E-state index >= 15 is 0 Å². The third-order valence-electron chi connectivity index (χ3n) is 2.74. The first-order valence-electron chi connectivity index (χ1n) is 6.45. The normalized spacial score (nSPS) is 18.9. The van der Waals surface area contributed by atoms with Gasteiger partial charge in [-0.05, 0) is 25.2 Å². The SMILES string of the molecule is CC.C[C@H]1CCN(C(=O)CCCCC=O)C1. The average Bonchev–Trinajstić information content (AvgIpc) is 2.74. The minimum atomic E-state index is 0.264. The molecule has 0 N–H and O–H groups in total. The molecule has 0 spiro atoms. The van der Waals surface area contributed by atoms with Gasteiger partial charge in [-0.2, -0.15) is 0 Å². The Balaban J connectivity index is 0.00000106. The molecular formula is C13H25NO2. The number of aldehydes is 1. The Morgan fingerprint density at radius 2 is 2.06 bits per heavy atom. The van der Waals surface area contributed by atoms with Gasteiger partial charge in [-0.25, -0.2) is 0 Å². The highest BCUT2D eigenvalue weighted by molar-refractivity contribution is 5.76. The summed E-state index contributed by atoms with van der Waals surface area (Å²) in [5, 5.41) is 0. The van der Waals surface area contributed by atoms with E-state index in [1.165, 1.54) is 0 Å². The quantitative estimate of drug-likeness (QED) is 0.535. The number of rotatable bonds is 5. The molecule has 0 bridgehead atoms. The molecule has 0 aromatic rings. The van der Waals surface area contributed by atoms with Crippen LogP contribution in [0, 0.1) is 5.92 Å². The number of unbranched alkanes of at least 4 members (excludes halogenated alkanes) is 2. The maximum Gasteiger partial charge on any atom is 0.222 e. The minimum Gasteiger partial charge on any atom is -0.342 e. The van der Waals surface area contributed by atoms with E-state index in [0.29, 0.717) is 18.8 Å². The highest BCUT2D eigenvalue weighted by Gasteiger charge is 2.22. The Bertz CT molecular complexity index is 204. The Kier molecular flexibility index (Phi) is 8.87. The van der Waals surface area contributed by atoms with Gasteiger partial charge in [-0.3, -0.25) is 4.79 Å². The predicted octanol–water partition coefficient (Wildman–Crippen LogP) is 2.64. The average molecular weight is 227 g/mol. The number of nitrogens with zero attached hydrogens (tertiary/aromatic N) is 1. The van der Waals surface area contributed by atoms with E-state index in [0.717, 1.165) is 38.6 Å². The molecule has 3 nitrogen and oxygen atoms in total. The van der Waals surface area contributed by atoms with Gasteiger partial charge in [0.25, 0.3) is 0 Å². The third kappa shape index (κ3) is 5.89. The first-order chi connectivity index (χ1) is 7.74. The van der Waals surface area contributed by atoms with Gasteiger partial charge in [0.1, 0.15) is 6.29 Å². The van der Waals surface area contributed by atoms with Gasteiger partial charge in [0.15, 0.2) is 0 Å². The molecule has 1 rings (SSSR count). The summed E-state index contributed by atoms with van der Waals surface area (Å²) >= 11 is 0. The van der Waals surface area contributed by atoms with Gasteiger partial charge in [-0.1, -0.05) is 20.8 Å². The van der Waals surface area contributed by atoms with Crippen LogP contribution in [0.2, 0.25) is 0 Å². The fourth-order valence-electron chi connectivity index (χ4n) is 1.82. The van der Waals surface area contributed by atoms with E-state index in [4.69, 9.17) is 0 Å². The Morgan fingerprint density at radius 3 is 2.56 bits per heavy atom. The summed E-state index contributed by atoms with van der Waals surface area (Å²) in [5.41, 5.74) is 0. The summed E-state index contributed by atoms with van der Waals surface area (Å²) in [5.74, 6) is 0.925. The topological polar surface area (TPSA) is 37.4 Å². The molecular weight excluding hydrogens is 202 g/mol. The lowest BCUT2D eigenvalue weighted by molar-refractivity contribution is -0.130. The van der Waals surface area contributed by atoms with Crippen LogP contribution in [-0.4, -0.2) is 30.2 Å². The molecule has 1 amide bonds. The van der Waals surface area contributed by atoms with Gasteiger partial charge in [-0.15, -0.1) is 0 Å². The van der Waals surface area contributed by atoms with Crippen molar-refractivity contribution in [3.63, 3.8) is 0 Å². The molecule has 1 heterocycles. The van der Waals surface area contributed by atoms with Gasteiger partial charge < -0.3 is 9.69 Å². The number of hydrogen-bond donors (Lipinski definition) is 0. The first-order valence-corrected chi connectivity index (χ1v) is 6.45. The van der Waals surface area contributed by atoms with Crippen LogP contribution in [0.1, 0.15) is 52.9 Å². The van der Waals surface area contributed by atoms with Crippen LogP contribution in [0.4, 0.5) is 0 Å². The van der Waals surface area contributed by atoms with Gasteiger partial charge in [0.2, 0.25) is 5.91 Å². The van der Waals surface area contributed by atoms with E-state index in [9.17, 15) is 9.59 Å². The predicted molar refractivity (Wildman–Crippen MR) is 66.2 cm³/mol. The molecule has 1 atom stereocenters. The van der Waals surface area contributed by atoms with Crippen LogP contribution in [-0.2, 0) is 9.59 Å². The van der Waals surface area contributed by atoms with Crippen LogP contribution >= 0.6 is 0 Å². The second kappa shape index (κ2) is 9.37. The Hall–Kier alpha value is -0.860. The zero-order valence-corrected chi connectivity index (χ0v) is 10.9. The smallest absolute Gasteiger partial charge is 0.222 e. The number of likely N-dealkylation sites (tertiary alicyclic amines) is 1. The lowest BCUT2D eigenvalue weighted by atomic mass is 10.2. The second-order valence-electron chi connectivity index (χ2n) is 4.15. The van der Waals surface area contributed by atoms with E-state index < -0.39 is 0 Å². The van der Waals surface area contributed by atoms with Crippen molar-refractivity contribution in [2.75, 3.05) is 13.1 Å². The lowest BCUT2D eigenvalue weighted by Gasteiger charge is -2.15. The number of carbonyl (C=O) groups is 2. The summed E-state index contributed by atoms with van der Waals surface area (Å²) < 4.78 is 0. The highest BCUT2D eigenvalue weighted by atomic mass is 16.2. The Morgan fingerprint density at radius 1 is 1.38 bits per heavy atom. The third-order valence-corrected chi connectivity index (χ3v) is 2.74. The number of amides is 1. The summed E-state index contributed by atoms with van der Waals surface area (Å²) in [4.78, 5) is 23.6. The summed E-state index contributed by atoms with van der Waals surface area (Å²) in [6.07, 6.45) is 4.95. The molecule has 1 saturated heterocycles. The van der Waals surface area contributed by atoms with E-state index in [-0.39, 0.29) is 5.91 Å². The maximum atomic E-state index is 11.6. The van der Waals surface area contributed by atoms with Gasteiger partial charge >= 0.3 is 0 Å². The van der Waals surface area contributed by atoms with E-state index in [1.807, 2.05) is 18.7 Å². The molecule has 0 aromatic heterocycles. The van der Waals surface area contributed by atoms with Crippen LogP contribution in [0.25, 0.3) is 0 Å². The van der Waals surface area contributed by atoms with Gasteiger partial charge in [0, 0.05) is 25.9 Å². The summed E-state index contributed by atoms with van der Waals surface area (Å²) in [7, 11) is 0. The van der Waals surface area contributed by atoms with Crippen LogP contribution < -0.4 is 0 Å². The van der Waals surface area contributed by atoms with Crippen molar-refractivity contribution in [1.29, 1.82) is 0 Å². The van der Waals surface area contributed by atoms with Crippen LogP contribution in [0.3, 0.4) is 0 Å². The molecule has 1 aliphatic heterocycles. The molecule has 3 heteroatoms. The van der Waals surface area contributed by atoms with Crippen molar-refractivity contribution in [1.82, 2.24) is 4.90 Å². The zero-order valence-electron chi connectivity index (χ0n) is 10.9. The molecule has 1 aliphatic rings. The Labute approximate surface area is 99.2 Å². The zero-order chi connectivity index (χ0) is 12.4. The molecule has 0 aliphatic carbocycles. The second-order valence-corrected chi connectivity index (χ2v) is 4.15. The summed E-state index contributed by atoms with van der Waals surface area (Å²) in [6, 6.07) is 0. The van der Waals surface area contributed by atoms with Crippen LogP contribution in [0.15, 0.2) is 0 Å². The molecule has 0 radical (unpaired) electrons. The van der Waals surface area contributed by atoms with Crippen molar-refractivity contribution in [2.24, 2.45) is 5.92 Å². The van der Waals surface area contributed by atoms with E-state index in [2.05, 4.69) is 6.92 Å². The van der Waals surface area contributed by atoms with Crippen molar-refractivity contribution >= 4 is 12.2 Å². The van der Waals surface area contributed by atoms with Crippen molar-refractivity contribution in [3.8, 4) is 0 Å². The molecule has 16 heavy (non-hydrogen) atoms.